The first-order valence-electron chi connectivity index (χ1n) is 6.22. The lowest BCUT2D eigenvalue weighted by Gasteiger charge is -2.29. The molecule has 1 aliphatic heterocycles. The third kappa shape index (κ3) is 2.80. The van der Waals surface area contributed by atoms with E-state index in [-0.39, 0.29) is 24.4 Å². The van der Waals surface area contributed by atoms with Crippen LogP contribution in [0.1, 0.15) is 6.42 Å². The highest BCUT2D eigenvalue weighted by atomic mass is 19.4. The minimum absolute atomic E-state index is 0.0474. The van der Waals surface area contributed by atoms with Gasteiger partial charge in [-0.15, -0.1) is 0 Å². The van der Waals surface area contributed by atoms with E-state index in [2.05, 4.69) is 10.6 Å². The molecular formula is C13H14F4N2O2. The van der Waals surface area contributed by atoms with Gasteiger partial charge in [0, 0.05) is 18.3 Å². The van der Waals surface area contributed by atoms with Crippen LogP contribution in [-0.2, 0) is 4.79 Å². The van der Waals surface area contributed by atoms with Crippen LogP contribution in [0.4, 0.5) is 23.2 Å². The number of hydrogen-bond donors (Lipinski definition) is 2. The van der Waals surface area contributed by atoms with Gasteiger partial charge in [-0.1, -0.05) is 0 Å². The molecule has 0 bridgehead atoms. The fourth-order valence-electron chi connectivity index (χ4n) is 2.25. The highest BCUT2D eigenvalue weighted by Crippen LogP contribution is 2.43. The molecule has 1 saturated heterocycles. The van der Waals surface area contributed by atoms with Crippen LogP contribution in [0.2, 0.25) is 0 Å². The van der Waals surface area contributed by atoms with E-state index >= 15 is 0 Å². The zero-order valence-electron chi connectivity index (χ0n) is 11.2. The van der Waals surface area contributed by atoms with Crippen LogP contribution in [0, 0.1) is 11.2 Å². The van der Waals surface area contributed by atoms with Crippen molar-refractivity contribution in [3.63, 3.8) is 0 Å². The Balaban J connectivity index is 2.22. The Morgan fingerprint density at radius 3 is 2.62 bits per heavy atom. The van der Waals surface area contributed by atoms with Gasteiger partial charge in [-0.25, -0.2) is 4.39 Å². The second-order valence-corrected chi connectivity index (χ2v) is 4.81. The molecule has 1 amide bonds. The summed E-state index contributed by atoms with van der Waals surface area (Å²) in [5, 5.41) is 4.67. The zero-order valence-corrected chi connectivity index (χ0v) is 11.2. The third-order valence-electron chi connectivity index (χ3n) is 3.54. The number of methoxy groups -OCH3 is 1. The number of carbonyl (C=O) groups excluding carboxylic acids is 1. The lowest BCUT2D eigenvalue weighted by molar-refractivity contribution is -0.213. The number of carbonyl (C=O) groups is 1. The van der Waals surface area contributed by atoms with Gasteiger partial charge in [0.2, 0.25) is 5.91 Å². The van der Waals surface area contributed by atoms with Crippen molar-refractivity contribution in [2.45, 2.75) is 12.6 Å². The van der Waals surface area contributed by atoms with Crippen molar-refractivity contribution >= 4 is 11.6 Å². The summed E-state index contributed by atoms with van der Waals surface area (Å²) in [6.07, 6.45) is -5.02. The largest absolute Gasteiger partial charge is 0.494 e. The van der Waals surface area contributed by atoms with Crippen LogP contribution in [0.3, 0.4) is 0 Å². The molecule has 1 unspecified atom stereocenters. The van der Waals surface area contributed by atoms with E-state index in [9.17, 15) is 22.4 Å². The monoisotopic (exact) mass is 306 g/mol. The van der Waals surface area contributed by atoms with Crippen molar-refractivity contribution in [2.75, 3.05) is 25.5 Å². The predicted molar refractivity (Wildman–Crippen MR) is 67.6 cm³/mol. The number of rotatable bonds is 3. The average molecular weight is 306 g/mol. The second-order valence-electron chi connectivity index (χ2n) is 4.81. The topological polar surface area (TPSA) is 50.4 Å². The smallest absolute Gasteiger partial charge is 0.404 e. The lowest BCUT2D eigenvalue weighted by atomic mass is 9.85. The molecule has 8 heteroatoms. The Hall–Kier alpha value is -1.83. The summed E-state index contributed by atoms with van der Waals surface area (Å²) in [7, 11) is 1.26. The summed E-state index contributed by atoms with van der Waals surface area (Å²) in [5.74, 6) is -2.01. The van der Waals surface area contributed by atoms with E-state index in [4.69, 9.17) is 4.74 Å². The average Bonchev–Trinajstić information content (AvgIpc) is 2.89. The summed E-state index contributed by atoms with van der Waals surface area (Å²) in [5.41, 5.74) is -2.53. The highest BCUT2D eigenvalue weighted by molar-refractivity contribution is 5.96. The zero-order chi connectivity index (χ0) is 15.7. The lowest BCUT2D eigenvalue weighted by Crippen LogP contribution is -2.49. The van der Waals surface area contributed by atoms with E-state index in [0.717, 1.165) is 6.07 Å². The Kier molecular flexibility index (Phi) is 4.08. The first-order valence-corrected chi connectivity index (χ1v) is 6.22. The molecule has 1 atom stereocenters. The van der Waals surface area contributed by atoms with Crippen LogP contribution in [0.15, 0.2) is 18.2 Å². The number of benzene rings is 1. The van der Waals surface area contributed by atoms with Gasteiger partial charge in [0.05, 0.1) is 7.11 Å². The van der Waals surface area contributed by atoms with Gasteiger partial charge in [-0.2, -0.15) is 13.2 Å². The van der Waals surface area contributed by atoms with Gasteiger partial charge in [0.15, 0.2) is 17.0 Å². The minimum atomic E-state index is -4.68. The van der Waals surface area contributed by atoms with Gasteiger partial charge in [0.25, 0.3) is 0 Å². The van der Waals surface area contributed by atoms with Crippen molar-refractivity contribution < 1.29 is 27.1 Å². The quantitative estimate of drug-likeness (QED) is 0.843. The molecular weight excluding hydrogens is 292 g/mol. The molecule has 4 nitrogen and oxygen atoms in total. The fraction of sp³-hybridized carbons (Fsp3) is 0.462. The third-order valence-corrected chi connectivity index (χ3v) is 3.54. The van der Waals surface area contributed by atoms with Crippen LogP contribution >= 0.6 is 0 Å². The van der Waals surface area contributed by atoms with Crippen molar-refractivity contribution in [2.24, 2.45) is 5.41 Å². The Labute approximate surface area is 118 Å². The first kappa shape index (κ1) is 15.6. The molecule has 21 heavy (non-hydrogen) atoms. The molecule has 0 spiro atoms. The molecule has 1 aromatic rings. The number of alkyl halides is 3. The van der Waals surface area contributed by atoms with Crippen LogP contribution in [0.25, 0.3) is 0 Å². The van der Waals surface area contributed by atoms with E-state index in [1.165, 1.54) is 19.2 Å². The summed E-state index contributed by atoms with van der Waals surface area (Å²) in [6.45, 7) is -0.384. The Morgan fingerprint density at radius 1 is 1.43 bits per heavy atom. The van der Waals surface area contributed by atoms with Crippen molar-refractivity contribution in [3.8, 4) is 5.75 Å². The number of hydrogen-bond acceptors (Lipinski definition) is 3. The van der Waals surface area contributed by atoms with Gasteiger partial charge < -0.3 is 15.4 Å². The van der Waals surface area contributed by atoms with Gasteiger partial charge in [-0.05, 0) is 25.1 Å². The van der Waals surface area contributed by atoms with Crippen molar-refractivity contribution in [3.05, 3.63) is 24.0 Å². The second kappa shape index (κ2) is 5.51. The maximum atomic E-state index is 13.5. The van der Waals surface area contributed by atoms with Crippen molar-refractivity contribution in [1.29, 1.82) is 0 Å². The number of amides is 1. The standard InChI is InChI=1S/C13H14F4N2O2/c1-21-10-3-2-8(6-9(10)14)19-11(20)12(13(15,16)17)4-5-18-7-12/h2-3,6,18H,4-5,7H2,1H3,(H,19,20). The molecule has 0 saturated carbocycles. The van der Waals surface area contributed by atoms with E-state index in [0.29, 0.717) is 0 Å². The van der Waals surface area contributed by atoms with Crippen LogP contribution in [0.5, 0.6) is 5.75 Å². The molecule has 0 aromatic heterocycles. The normalized spacial score (nSPS) is 22.1. The van der Waals surface area contributed by atoms with Crippen molar-refractivity contribution in [1.82, 2.24) is 5.32 Å². The molecule has 1 aliphatic rings. The first-order chi connectivity index (χ1) is 9.80. The Morgan fingerprint density at radius 2 is 2.14 bits per heavy atom. The van der Waals surface area contributed by atoms with E-state index in [1.807, 2.05) is 0 Å². The van der Waals surface area contributed by atoms with Gasteiger partial charge in [0.1, 0.15) is 0 Å². The Bertz CT molecular complexity index is 539. The molecule has 2 N–H and O–H groups in total. The molecule has 0 radical (unpaired) electrons. The summed E-state index contributed by atoms with van der Waals surface area (Å²) >= 11 is 0. The summed E-state index contributed by atoms with van der Waals surface area (Å²) < 4.78 is 57.7. The van der Waals surface area contributed by atoms with Gasteiger partial charge >= 0.3 is 6.18 Å². The van der Waals surface area contributed by atoms with Crippen LogP contribution in [-0.4, -0.2) is 32.3 Å². The molecule has 2 rings (SSSR count). The van der Waals surface area contributed by atoms with E-state index < -0.39 is 29.9 Å². The molecule has 1 fully saturated rings. The molecule has 1 heterocycles. The highest BCUT2D eigenvalue weighted by Gasteiger charge is 2.61. The molecule has 0 aliphatic carbocycles. The van der Waals surface area contributed by atoms with Gasteiger partial charge in [-0.3, -0.25) is 4.79 Å². The number of nitrogens with one attached hydrogen (secondary N) is 2. The number of anilines is 1. The molecule has 1 aromatic carbocycles. The SMILES string of the molecule is COc1ccc(NC(=O)C2(C(F)(F)F)CCNC2)cc1F. The predicted octanol–water partition coefficient (Wildman–Crippen LogP) is 2.31. The maximum absolute atomic E-state index is 13.5. The minimum Gasteiger partial charge on any atom is -0.494 e. The summed E-state index contributed by atoms with van der Waals surface area (Å²) in [6, 6.07) is 3.44. The fourth-order valence-corrected chi connectivity index (χ4v) is 2.25. The maximum Gasteiger partial charge on any atom is 0.404 e. The number of halogens is 4. The van der Waals surface area contributed by atoms with E-state index in [1.54, 1.807) is 0 Å². The number of ether oxygens (including phenoxy) is 1. The van der Waals surface area contributed by atoms with Crippen LogP contribution < -0.4 is 15.4 Å². The summed E-state index contributed by atoms with van der Waals surface area (Å²) in [4.78, 5) is 12.0. The molecule has 116 valence electrons.